The Morgan fingerprint density at radius 2 is 1.78 bits per heavy atom. The molecule has 1 atom stereocenters. The average molecular weight is 257 g/mol. The molecule has 0 aromatic carbocycles. The van der Waals surface area contributed by atoms with Crippen LogP contribution in [0.3, 0.4) is 0 Å². The van der Waals surface area contributed by atoms with Gasteiger partial charge in [-0.1, -0.05) is 13.8 Å². The summed E-state index contributed by atoms with van der Waals surface area (Å²) in [4.78, 5) is 25.0. The normalized spacial score (nSPS) is 12.3. The van der Waals surface area contributed by atoms with Crippen LogP contribution in [0.15, 0.2) is 0 Å². The number of hydrogen-bond acceptors (Lipinski definition) is 3. The van der Waals surface area contributed by atoms with Gasteiger partial charge in [0.05, 0.1) is 6.04 Å². The molecule has 0 rings (SSSR count). The second-order valence-corrected chi connectivity index (χ2v) is 4.73. The number of nitrogens with two attached hydrogens (primary N) is 1. The number of carbonyl (C=O) groups is 2. The highest BCUT2D eigenvalue weighted by molar-refractivity contribution is 5.81. The molecule has 0 heterocycles. The molecule has 0 aliphatic carbocycles. The van der Waals surface area contributed by atoms with Crippen LogP contribution in [-0.2, 0) is 9.59 Å². The molecule has 0 unspecified atom stereocenters. The molecule has 0 saturated carbocycles. The number of carbonyl (C=O) groups excluding carboxylic acids is 2. The van der Waals surface area contributed by atoms with Crippen LogP contribution in [-0.4, -0.2) is 42.4 Å². The average Bonchev–Trinajstić information content (AvgIpc) is 2.34. The second kappa shape index (κ2) is 8.91. The van der Waals surface area contributed by atoms with E-state index in [1.54, 1.807) is 4.90 Å². The predicted molar refractivity (Wildman–Crippen MR) is 73.0 cm³/mol. The molecule has 2 amide bonds. The number of nitrogens with zero attached hydrogens (tertiary/aromatic N) is 1. The fourth-order valence-electron chi connectivity index (χ4n) is 1.61. The van der Waals surface area contributed by atoms with Crippen molar-refractivity contribution in [1.82, 2.24) is 10.2 Å². The summed E-state index contributed by atoms with van der Waals surface area (Å²) in [5.41, 5.74) is 5.71. The van der Waals surface area contributed by atoms with Gasteiger partial charge in [-0.25, -0.2) is 0 Å². The lowest BCUT2D eigenvalue weighted by molar-refractivity contribution is -0.131. The lowest BCUT2D eigenvalue weighted by Crippen LogP contribution is -2.44. The van der Waals surface area contributed by atoms with Crippen molar-refractivity contribution in [3.63, 3.8) is 0 Å². The van der Waals surface area contributed by atoms with Crippen molar-refractivity contribution >= 4 is 11.8 Å². The highest BCUT2D eigenvalue weighted by Crippen LogP contribution is 1.99. The zero-order chi connectivity index (χ0) is 14.1. The van der Waals surface area contributed by atoms with Crippen molar-refractivity contribution in [2.24, 2.45) is 11.7 Å². The molecular weight excluding hydrogens is 230 g/mol. The van der Waals surface area contributed by atoms with Gasteiger partial charge in [-0.3, -0.25) is 9.59 Å². The lowest BCUT2D eigenvalue weighted by atomic mass is 10.1. The molecule has 0 aromatic rings. The Hall–Kier alpha value is -1.10. The molecule has 0 radical (unpaired) electrons. The Labute approximate surface area is 110 Å². The van der Waals surface area contributed by atoms with E-state index in [1.807, 2.05) is 27.7 Å². The number of amides is 2. The van der Waals surface area contributed by atoms with Crippen LogP contribution in [0.25, 0.3) is 0 Å². The summed E-state index contributed by atoms with van der Waals surface area (Å²) in [6, 6.07) is -0.469. The Morgan fingerprint density at radius 3 is 2.22 bits per heavy atom. The van der Waals surface area contributed by atoms with E-state index in [0.29, 0.717) is 19.4 Å². The topological polar surface area (TPSA) is 75.4 Å². The standard InChI is InChI=1S/C13H27N3O2/c1-5-16(6-2)11(17)8-7-9-15-13(18)12(14)10(3)4/h10,12H,5-9,14H2,1-4H3,(H,15,18)/t12-/m0/s1. The van der Waals surface area contributed by atoms with Gasteiger partial charge in [-0.2, -0.15) is 0 Å². The van der Waals surface area contributed by atoms with Gasteiger partial charge in [0, 0.05) is 26.1 Å². The molecule has 106 valence electrons. The van der Waals surface area contributed by atoms with E-state index in [9.17, 15) is 9.59 Å². The Bertz CT molecular complexity index is 247. The maximum atomic E-state index is 11.7. The van der Waals surface area contributed by atoms with E-state index < -0.39 is 6.04 Å². The van der Waals surface area contributed by atoms with Gasteiger partial charge < -0.3 is 16.0 Å². The summed E-state index contributed by atoms with van der Waals surface area (Å²) in [7, 11) is 0. The second-order valence-electron chi connectivity index (χ2n) is 4.73. The van der Waals surface area contributed by atoms with Gasteiger partial charge in [-0.05, 0) is 26.2 Å². The van der Waals surface area contributed by atoms with Crippen molar-refractivity contribution in [2.45, 2.75) is 46.6 Å². The highest BCUT2D eigenvalue weighted by Gasteiger charge is 2.16. The number of nitrogens with one attached hydrogen (secondary N) is 1. The maximum Gasteiger partial charge on any atom is 0.237 e. The van der Waals surface area contributed by atoms with Crippen LogP contribution in [0.1, 0.15) is 40.5 Å². The first-order valence-electron chi connectivity index (χ1n) is 6.75. The van der Waals surface area contributed by atoms with E-state index in [4.69, 9.17) is 5.73 Å². The predicted octanol–water partition coefficient (Wildman–Crippen LogP) is 0.735. The molecule has 0 saturated heterocycles. The van der Waals surface area contributed by atoms with Crippen molar-refractivity contribution in [2.75, 3.05) is 19.6 Å². The monoisotopic (exact) mass is 257 g/mol. The molecular formula is C13H27N3O2. The summed E-state index contributed by atoms with van der Waals surface area (Å²) in [5.74, 6) is 0.130. The van der Waals surface area contributed by atoms with Crippen molar-refractivity contribution in [1.29, 1.82) is 0 Å². The summed E-state index contributed by atoms with van der Waals surface area (Å²) in [6.45, 7) is 9.73. The largest absolute Gasteiger partial charge is 0.355 e. The van der Waals surface area contributed by atoms with Gasteiger partial charge >= 0.3 is 0 Å². The van der Waals surface area contributed by atoms with Crippen LogP contribution >= 0.6 is 0 Å². The third-order valence-corrected chi connectivity index (χ3v) is 3.00. The smallest absolute Gasteiger partial charge is 0.237 e. The van der Waals surface area contributed by atoms with Crippen LogP contribution in [0, 0.1) is 5.92 Å². The van der Waals surface area contributed by atoms with Gasteiger partial charge in [0.1, 0.15) is 0 Å². The fourth-order valence-corrected chi connectivity index (χ4v) is 1.61. The van der Waals surface area contributed by atoms with E-state index in [2.05, 4.69) is 5.32 Å². The summed E-state index contributed by atoms with van der Waals surface area (Å²) in [6.07, 6.45) is 1.13. The van der Waals surface area contributed by atoms with Crippen molar-refractivity contribution in [3.05, 3.63) is 0 Å². The Morgan fingerprint density at radius 1 is 1.22 bits per heavy atom. The van der Waals surface area contributed by atoms with Gasteiger partial charge in [0.25, 0.3) is 0 Å². The minimum Gasteiger partial charge on any atom is -0.355 e. The van der Waals surface area contributed by atoms with Crippen molar-refractivity contribution in [3.8, 4) is 0 Å². The third kappa shape index (κ3) is 6.00. The first-order chi connectivity index (χ1) is 8.43. The zero-order valence-corrected chi connectivity index (χ0v) is 12.0. The molecule has 0 aromatic heterocycles. The minimum absolute atomic E-state index is 0.127. The Kier molecular flexibility index (Phi) is 8.37. The molecule has 5 heteroatoms. The first-order valence-corrected chi connectivity index (χ1v) is 6.75. The van der Waals surface area contributed by atoms with E-state index >= 15 is 0 Å². The van der Waals surface area contributed by atoms with Crippen LogP contribution in [0.2, 0.25) is 0 Å². The zero-order valence-electron chi connectivity index (χ0n) is 12.0. The fraction of sp³-hybridized carbons (Fsp3) is 0.846. The quantitative estimate of drug-likeness (QED) is 0.630. The van der Waals surface area contributed by atoms with Crippen LogP contribution in [0.4, 0.5) is 0 Å². The van der Waals surface area contributed by atoms with Crippen LogP contribution in [0.5, 0.6) is 0 Å². The number of hydrogen-bond donors (Lipinski definition) is 2. The van der Waals surface area contributed by atoms with Gasteiger partial charge in [0.2, 0.25) is 11.8 Å². The maximum absolute atomic E-state index is 11.7. The molecule has 0 spiro atoms. The third-order valence-electron chi connectivity index (χ3n) is 3.00. The lowest BCUT2D eigenvalue weighted by Gasteiger charge is -2.19. The summed E-state index contributed by atoms with van der Waals surface area (Å²) >= 11 is 0. The highest BCUT2D eigenvalue weighted by atomic mass is 16.2. The summed E-state index contributed by atoms with van der Waals surface area (Å²) in [5, 5.41) is 2.76. The molecule has 0 aliphatic heterocycles. The molecule has 3 N–H and O–H groups in total. The van der Waals surface area contributed by atoms with Gasteiger partial charge in [0.15, 0.2) is 0 Å². The Balaban J connectivity index is 3.80. The molecule has 0 bridgehead atoms. The molecule has 0 fully saturated rings. The minimum atomic E-state index is -0.469. The van der Waals surface area contributed by atoms with Crippen LogP contribution < -0.4 is 11.1 Å². The van der Waals surface area contributed by atoms with Gasteiger partial charge in [-0.15, -0.1) is 0 Å². The first kappa shape index (κ1) is 16.9. The molecule has 0 aliphatic rings. The van der Waals surface area contributed by atoms with E-state index in [1.165, 1.54) is 0 Å². The molecule has 18 heavy (non-hydrogen) atoms. The SMILES string of the molecule is CCN(CC)C(=O)CCCNC(=O)[C@@H](N)C(C)C. The van der Waals surface area contributed by atoms with E-state index in [0.717, 1.165) is 13.1 Å². The van der Waals surface area contributed by atoms with Crippen molar-refractivity contribution < 1.29 is 9.59 Å². The van der Waals surface area contributed by atoms with E-state index in [-0.39, 0.29) is 17.7 Å². The number of rotatable bonds is 8. The molecule has 5 nitrogen and oxygen atoms in total. The summed E-state index contributed by atoms with van der Waals surface area (Å²) < 4.78 is 0.